The second kappa shape index (κ2) is 10.5. The van der Waals surface area contributed by atoms with Crippen molar-refractivity contribution >= 4 is 24.0 Å². The molecule has 7 heteroatoms. The van der Waals surface area contributed by atoms with Crippen molar-refractivity contribution < 1.29 is 18.7 Å². The highest BCUT2D eigenvalue weighted by molar-refractivity contribution is 6.07. The Balaban J connectivity index is 0.00000289. The molecule has 2 atom stereocenters. The van der Waals surface area contributed by atoms with Crippen LogP contribution in [0, 0.1) is 5.82 Å². The van der Waals surface area contributed by atoms with Crippen LogP contribution in [0.2, 0.25) is 0 Å². The number of para-hydroxylation sites is 2. The Labute approximate surface area is 193 Å². The summed E-state index contributed by atoms with van der Waals surface area (Å²) < 4.78 is 25.1. The first-order valence-corrected chi connectivity index (χ1v) is 10.3. The first-order chi connectivity index (χ1) is 15.0. The van der Waals surface area contributed by atoms with Crippen molar-refractivity contribution in [2.45, 2.75) is 19.1 Å². The number of benzene rings is 3. The van der Waals surface area contributed by atoms with E-state index in [4.69, 9.17) is 9.47 Å². The number of rotatable bonds is 6. The van der Waals surface area contributed by atoms with Gasteiger partial charge in [-0.2, -0.15) is 0 Å². The van der Waals surface area contributed by atoms with Crippen LogP contribution in [0.1, 0.15) is 28.9 Å². The molecule has 0 radical (unpaired) electrons. The Morgan fingerprint density at radius 3 is 2.72 bits per heavy atom. The van der Waals surface area contributed by atoms with Gasteiger partial charge in [0, 0.05) is 18.2 Å². The van der Waals surface area contributed by atoms with Gasteiger partial charge in [0.05, 0.1) is 19.3 Å². The lowest BCUT2D eigenvalue weighted by atomic mass is 10.1. The van der Waals surface area contributed by atoms with Crippen LogP contribution in [0.25, 0.3) is 0 Å². The Morgan fingerprint density at radius 1 is 1.16 bits per heavy atom. The Morgan fingerprint density at radius 2 is 1.94 bits per heavy atom. The van der Waals surface area contributed by atoms with E-state index in [0.717, 1.165) is 11.3 Å². The van der Waals surface area contributed by atoms with Crippen LogP contribution in [0.3, 0.4) is 0 Å². The summed E-state index contributed by atoms with van der Waals surface area (Å²) in [5.74, 6) is 0.763. The van der Waals surface area contributed by atoms with Crippen LogP contribution in [-0.2, 0) is 0 Å². The summed E-state index contributed by atoms with van der Waals surface area (Å²) in [7, 11) is 1.65. The molecule has 1 amide bonds. The third-order valence-electron chi connectivity index (χ3n) is 5.40. The number of carbonyl (C=O) groups is 1. The molecular weight excluding hydrogens is 431 g/mol. The van der Waals surface area contributed by atoms with E-state index in [1.165, 1.54) is 12.1 Å². The lowest BCUT2D eigenvalue weighted by Gasteiger charge is -2.35. The van der Waals surface area contributed by atoms with Crippen molar-refractivity contribution in [3.63, 3.8) is 0 Å². The molecule has 0 saturated carbocycles. The van der Waals surface area contributed by atoms with Crippen LogP contribution in [0.15, 0.2) is 72.8 Å². The van der Waals surface area contributed by atoms with Gasteiger partial charge in [-0.05, 0) is 55.0 Å². The van der Waals surface area contributed by atoms with E-state index in [1.54, 1.807) is 24.1 Å². The minimum Gasteiger partial charge on any atom is -0.497 e. The van der Waals surface area contributed by atoms with Crippen molar-refractivity contribution in [3.05, 3.63) is 89.7 Å². The number of nitrogens with one attached hydrogen (secondary N) is 1. The molecule has 0 aliphatic carbocycles. The minimum atomic E-state index is -0.433. The fourth-order valence-electron chi connectivity index (χ4n) is 3.71. The quantitative estimate of drug-likeness (QED) is 0.566. The fourth-order valence-corrected chi connectivity index (χ4v) is 3.71. The van der Waals surface area contributed by atoms with Crippen molar-refractivity contribution in [2.24, 2.45) is 0 Å². The topological polar surface area (TPSA) is 50.8 Å². The lowest BCUT2D eigenvalue weighted by Crippen LogP contribution is -2.48. The lowest BCUT2D eigenvalue weighted by molar-refractivity contribution is 0.0954. The van der Waals surface area contributed by atoms with Gasteiger partial charge in [-0.3, -0.25) is 4.79 Å². The van der Waals surface area contributed by atoms with E-state index < -0.39 is 5.82 Å². The molecule has 4 rings (SSSR count). The van der Waals surface area contributed by atoms with Crippen molar-refractivity contribution in [1.82, 2.24) is 5.32 Å². The van der Waals surface area contributed by atoms with Crippen LogP contribution >= 0.6 is 12.4 Å². The maximum atomic E-state index is 13.7. The summed E-state index contributed by atoms with van der Waals surface area (Å²) in [6.07, 6.45) is -0.250. The summed E-state index contributed by atoms with van der Waals surface area (Å²) in [5.41, 5.74) is 2.10. The SMILES string of the molecule is COc1cccc([C@@H](C)NCC2CN(C(=O)c3cccc(F)c3)c3ccccc3O2)c1.Cl. The van der Waals surface area contributed by atoms with Gasteiger partial charge in [0.1, 0.15) is 23.4 Å². The van der Waals surface area contributed by atoms with Crippen LogP contribution in [0.4, 0.5) is 10.1 Å². The van der Waals surface area contributed by atoms with E-state index in [-0.39, 0.29) is 30.5 Å². The highest BCUT2D eigenvalue weighted by Gasteiger charge is 2.30. The molecule has 0 spiro atoms. The summed E-state index contributed by atoms with van der Waals surface area (Å²) in [5, 5.41) is 3.48. The van der Waals surface area contributed by atoms with E-state index in [0.29, 0.717) is 30.1 Å². The van der Waals surface area contributed by atoms with E-state index in [1.807, 2.05) is 48.5 Å². The molecule has 0 bridgehead atoms. The summed E-state index contributed by atoms with van der Waals surface area (Å²) in [4.78, 5) is 14.8. The third-order valence-corrected chi connectivity index (χ3v) is 5.40. The maximum absolute atomic E-state index is 13.7. The standard InChI is InChI=1S/C25H25FN2O3.ClH/c1-17(18-7-6-10-21(14-18)30-2)27-15-22-16-28(23-11-3-4-12-24(23)31-22)25(29)19-8-5-9-20(26)13-19;/h3-14,17,22,27H,15-16H2,1-2H3;1H/t17-,22?;/m1./s1. The minimum absolute atomic E-state index is 0. The average molecular weight is 457 g/mol. The maximum Gasteiger partial charge on any atom is 0.258 e. The molecule has 3 aromatic carbocycles. The predicted octanol–water partition coefficient (Wildman–Crippen LogP) is 5.01. The second-order valence-electron chi connectivity index (χ2n) is 7.54. The van der Waals surface area contributed by atoms with Crippen LogP contribution in [0.5, 0.6) is 11.5 Å². The van der Waals surface area contributed by atoms with Crippen molar-refractivity contribution in [3.8, 4) is 11.5 Å². The van der Waals surface area contributed by atoms with Gasteiger partial charge >= 0.3 is 0 Å². The molecule has 1 aliphatic rings. The smallest absolute Gasteiger partial charge is 0.258 e. The Kier molecular flexibility index (Phi) is 7.72. The van der Waals surface area contributed by atoms with Gasteiger partial charge in [-0.25, -0.2) is 4.39 Å². The third kappa shape index (κ3) is 5.21. The molecule has 5 nitrogen and oxygen atoms in total. The summed E-state index contributed by atoms with van der Waals surface area (Å²) in [6, 6.07) is 21.2. The fraction of sp³-hybridized carbons (Fsp3) is 0.240. The molecule has 1 aliphatic heterocycles. The van der Waals surface area contributed by atoms with Gasteiger partial charge in [0.25, 0.3) is 5.91 Å². The molecule has 0 aromatic heterocycles. The molecule has 1 unspecified atom stereocenters. The summed E-state index contributed by atoms with van der Waals surface area (Å²) in [6.45, 7) is 2.98. The predicted molar refractivity (Wildman–Crippen MR) is 126 cm³/mol. The molecule has 32 heavy (non-hydrogen) atoms. The number of fused-ring (bicyclic) bond motifs is 1. The Bertz CT molecular complexity index is 1080. The van der Waals surface area contributed by atoms with Crippen LogP contribution < -0.4 is 19.7 Å². The van der Waals surface area contributed by atoms with E-state index in [2.05, 4.69) is 12.2 Å². The Hall–Kier alpha value is -3.09. The molecule has 168 valence electrons. The van der Waals surface area contributed by atoms with E-state index >= 15 is 0 Å². The first-order valence-electron chi connectivity index (χ1n) is 10.3. The number of hydrogen-bond acceptors (Lipinski definition) is 4. The number of ether oxygens (including phenoxy) is 2. The summed E-state index contributed by atoms with van der Waals surface area (Å²) >= 11 is 0. The average Bonchev–Trinajstić information content (AvgIpc) is 2.81. The zero-order chi connectivity index (χ0) is 21.8. The number of anilines is 1. The molecule has 0 saturated heterocycles. The number of methoxy groups -OCH3 is 1. The largest absolute Gasteiger partial charge is 0.497 e. The van der Waals surface area contributed by atoms with E-state index in [9.17, 15) is 9.18 Å². The number of hydrogen-bond donors (Lipinski definition) is 1. The molecular formula is C25H26ClFN2O3. The number of carbonyl (C=O) groups excluding carboxylic acids is 1. The number of amides is 1. The molecule has 1 heterocycles. The second-order valence-corrected chi connectivity index (χ2v) is 7.54. The van der Waals surface area contributed by atoms with Crippen molar-refractivity contribution in [1.29, 1.82) is 0 Å². The normalized spacial score (nSPS) is 15.7. The van der Waals surface area contributed by atoms with Crippen molar-refractivity contribution in [2.75, 3.05) is 25.1 Å². The highest BCUT2D eigenvalue weighted by atomic mass is 35.5. The van der Waals surface area contributed by atoms with Gasteiger partial charge in [-0.15, -0.1) is 12.4 Å². The highest BCUT2D eigenvalue weighted by Crippen LogP contribution is 2.34. The first kappa shape index (κ1) is 23.6. The zero-order valence-corrected chi connectivity index (χ0v) is 18.8. The van der Waals surface area contributed by atoms with Gasteiger partial charge in [0.2, 0.25) is 0 Å². The van der Waals surface area contributed by atoms with Gasteiger partial charge in [0.15, 0.2) is 0 Å². The van der Waals surface area contributed by atoms with Gasteiger partial charge < -0.3 is 19.7 Å². The molecule has 1 N–H and O–H groups in total. The van der Waals surface area contributed by atoms with Crippen LogP contribution in [-0.4, -0.2) is 32.2 Å². The number of nitrogens with zero attached hydrogens (tertiary/aromatic N) is 1. The number of halogens is 2. The zero-order valence-electron chi connectivity index (χ0n) is 18.0. The molecule has 3 aromatic rings. The monoisotopic (exact) mass is 456 g/mol. The molecule has 0 fully saturated rings. The van der Waals surface area contributed by atoms with Gasteiger partial charge in [-0.1, -0.05) is 30.3 Å².